The first-order chi connectivity index (χ1) is 4.16. The van der Waals surface area contributed by atoms with E-state index >= 15 is 0 Å². The van der Waals surface area contributed by atoms with Gasteiger partial charge in [-0.2, -0.15) is 0 Å². The second-order valence-electron chi connectivity index (χ2n) is 1.41. The molecule has 0 aliphatic heterocycles. The van der Waals surface area contributed by atoms with Gasteiger partial charge in [0.05, 0.1) is 6.42 Å². The maximum Gasteiger partial charge on any atom is 0.309 e. The van der Waals surface area contributed by atoms with Gasteiger partial charge in [0.15, 0.2) is 0 Å². The zero-order chi connectivity index (χ0) is 7.28. The van der Waals surface area contributed by atoms with E-state index in [4.69, 9.17) is 11.6 Å². The minimum atomic E-state index is -0.378. The maximum absolute atomic E-state index is 10.3. The van der Waals surface area contributed by atoms with Crippen LogP contribution in [-0.2, 0) is 9.53 Å². The number of halogens is 1. The highest BCUT2D eigenvalue weighted by molar-refractivity contribution is 6.29. The van der Waals surface area contributed by atoms with Gasteiger partial charge in [-0.1, -0.05) is 25.1 Å². The van der Waals surface area contributed by atoms with Crippen molar-refractivity contribution in [3.05, 3.63) is 18.0 Å². The normalized spacial score (nSPS) is 8.67. The number of carbonyl (C=O) groups excluding carboxylic acids is 1. The monoisotopic (exact) mass is 147 g/mol. The number of rotatable bonds is 3. The zero-order valence-corrected chi connectivity index (χ0v) is 5.94. The summed E-state index contributed by atoms with van der Waals surface area (Å²) in [5.41, 5.74) is 0. The number of hydrogen-bond donors (Lipinski definition) is 0. The Kier molecular flexibility index (Phi) is 4.14. The summed E-state index contributed by atoms with van der Waals surface area (Å²) in [5.74, 6) is -0.378. The highest BCUT2D eigenvalue weighted by Crippen LogP contribution is 1.96. The predicted octanol–water partition coefficient (Wildman–Crippen LogP) is 1.51. The lowest BCUT2D eigenvalue weighted by atomic mass is 10.5. The van der Waals surface area contributed by atoms with Gasteiger partial charge in [-0.05, 0) is 0 Å². The van der Waals surface area contributed by atoms with Crippen molar-refractivity contribution in [3.8, 4) is 0 Å². The van der Waals surface area contributed by atoms with Crippen LogP contribution in [-0.4, -0.2) is 12.6 Å². The summed E-state index contributed by atoms with van der Waals surface area (Å²) in [7, 11) is 0. The van der Waals surface area contributed by atoms with Crippen molar-refractivity contribution >= 4 is 17.6 Å². The molecular weight excluding hydrogens is 140 g/mol. The molecule has 0 aliphatic rings. The van der Waals surface area contributed by atoms with Crippen LogP contribution >= 0.6 is 11.6 Å². The molecule has 51 valence electrons. The van der Waals surface area contributed by atoms with Crippen LogP contribution in [0.4, 0.5) is 0 Å². The zero-order valence-electron chi connectivity index (χ0n) is 5.19. The lowest BCUT2D eigenvalue weighted by Gasteiger charge is -1.98. The van der Waals surface area contributed by atoms with E-state index in [1.54, 1.807) is 6.92 Å². The van der Waals surface area contributed by atoms with E-state index in [0.717, 1.165) is 0 Å². The maximum atomic E-state index is 10.3. The van der Waals surface area contributed by atoms with E-state index in [1.807, 2.05) is 0 Å². The summed E-state index contributed by atoms with van der Waals surface area (Å²) in [6.07, 6.45) is 1.32. The smallest absolute Gasteiger partial charge is 0.309 e. The minimum Gasteiger partial charge on any atom is -0.460 e. The van der Waals surface area contributed by atoms with Gasteiger partial charge in [-0.3, -0.25) is 4.79 Å². The second kappa shape index (κ2) is 4.39. The topological polar surface area (TPSA) is 26.3 Å². The molecule has 3 heteroatoms. The Balaban J connectivity index is 3.28. The van der Waals surface area contributed by atoms with Crippen molar-refractivity contribution in [3.63, 3.8) is 0 Å². The lowest BCUT2D eigenvalue weighted by molar-refractivity contribution is -0.138. The molecule has 0 atom stereocenters. The Labute approximate surface area is 59.5 Å². The molecule has 0 saturated carbocycles. The summed E-state index contributed by atoms with van der Waals surface area (Å²) >= 11 is 5.29. The third-order valence-electron chi connectivity index (χ3n) is 0.607. The molecule has 0 aromatic carbocycles. The van der Waals surface area contributed by atoms with Gasteiger partial charge in [0.2, 0.25) is 0 Å². The van der Waals surface area contributed by atoms with E-state index in [9.17, 15) is 4.79 Å². The van der Waals surface area contributed by atoms with Crippen LogP contribution in [0.15, 0.2) is 11.6 Å². The standard InChI is InChI=1S/C6H8ClO2/c1-3-6(8)9-4-5(2)7/h3H,2,4H2,1H3. The van der Waals surface area contributed by atoms with Crippen molar-refractivity contribution in [2.45, 2.75) is 6.92 Å². The summed E-state index contributed by atoms with van der Waals surface area (Å²) in [6.45, 7) is 5.02. The Morgan fingerprint density at radius 3 is 2.78 bits per heavy atom. The summed E-state index contributed by atoms with van der Waals surface area (Å²) in [4.78, 5) is 10.3. The first kappa shape index (κ1) is 8.50. The highest BCUT2D eigenvalue weighted by Gasteiger charge is 1.97. The molecule has 0 aromatic rings. The van der Waals surface area contributed by atoms with Gasteiger partial charge >= 0.3 is 5.97 Å². The molecule has 0 unspecified atom stereocenters. The molecule has 0 amide bonds. The van der Waals surface area contributed by atoms with Crippen LogP contribution in [0.5, 0.6) is 0 Å². The summed E-state index contributed by atoms with van der Waals surface area (Å²) in [6, 6.07) is 0. The third kappa shape index (κ3) is 5.37. The van der Waals surface area contributed by atoms with Crippen LogP contribution in [0.25, 0.3) is 0 Å². The summed E-state index contributed by atoms with van der Waals surface area (Å²) < 4.78 is 4.53. The predicted molar refractivity (Wildman–Crippen MR) is 35.9 cm³/mol. The molecule has 0 rings (SSSR count). The fourth-order valence-corrected chi connectivity index (χ4v) is 0.287. The fourth-order valence-electron chi connectivity index (χ4n) is 0.233. The number of esters is 1. The SMILES string of the molecule is C=C(Cl)COC(=O)[CH]C. The van der Waals surface area contributed by atoms with E-state index in [0.29, 0.717) is 5.03 Å². The first-order valence-corrected chi connectivity index (χ1v) is 2.84. The first-order valence-electron chi connectivity index (χ1n) is 2.46. The molecule has 0 saturated heterocycles. The van der Waals surface area contributed by atoms with Crippen LogP contribution in [0.1, 0.15) is 6.92 Å². The van der Waals surface area contributed by atoms with Crippen LogP contribution in [0.2, 0.25) is 0 Å². The van der Waals surface area contributed by atoms with Crippen molar-refractivity contribution in [2.24, 2.45) is 0 Å². The van der Waals surface area contributed by atoms with Crippen molar-refractivity contribution in [2.75, 3.05) is 6.61 Å². The van der Waals surface area contributed by atoms with Crippen molar-refractivity contribution in [1.29, 1.82) is 0 Å². The van der Waals surface area contributed by atoms with Gasteiger partial charge in [0.1, 0.15) is 6.61 Å². The molecule has 2 nitrogen and oxygen atoms in total. The van der Waals surface area contributed by atoms with Gasteiger partial charge in [-0.15, -0.1) is 0 Å². The number of ether oxygens (including phenoxy) is 1. The van der Waals surface area contributed by atoms with Crippen LogP contribution in [0.3, 0.4) is 0 Å². The van der Waals surface area contributed by atoms with Crippen LogP contribution in [0, 0.1) is 6.42 Å². The van der Waals surface area contributed by atoms with E-state index in [-0.39, 0.29) is 12.6 Å². The van der Waals surface area contributed by atoms with Gasteiger partial charge < -0.3 is 4.74 Å². The van der Waals surface area contributed by atoms with Crippen molar-refractivity contribution in [1.82, 2.24) is 0 Å². The highest BCUT2D eigenvalue weighted by atomic mass is 35.5. The summed E-state index contributed by atoms with van der Waals surface area (Å²) in [5, 5.41) is 0.324. The fraction of sp³-hybridized carbons (Fsp3) is 0.333. The molecule has 9 heavy (non-hydrogen) atoms. The number of hydrogen-bond acceptors (Lipinski definition) is 2. The average molecular weight is 148 g/mol. The Morgan fingerprint density at radius 1 is 1.89 bits per heavy atom. The Hall–Kier alpha value is -0.500. The second-order valence-corrected chi connectivity index (χ2v) is 1.95. The Morgan fingerprint density at radius 2 is 2.44 bits per heavy atom. The molecule has 0 aliphatic carbocycles. The quantitative estimate of drug-likeness (QED) is 0.566. The van der Waals surface area contributed by atoms with Crippen molar-refractivity contribution < 1.29 is 9.53 Å². The van der Waals surface area contributed by atoms with Gasteiger partial charge in [0.25, 0.3) is 0 Å². The molecule has 0 N–H and O–H groups in total. The lowest BCUT2D eigenvalue weighted by Crippen LogP contribution is -2.03. The average Bonchev–Trinajstić information content (AvgIpc) is 1.83. The van der Waals surface area contributed by atoms with Crippen LogP contribution < -0.4 is 0 Å². The molecular formula is C6H8ClO2. The largest absolute Gasteiger partial charge is 0.460 e. The number of carbonyl (C=O) groups is 1. The molecule has 0 heterocycles. The van der Waals surface area contributed by atoms with E-state index in [1.165, 1.54) is 6.42 Å². The Bertz CT molecular complexity index is 120. The minimum absolute atomic E-state index is 0.0880. The van der Waals surface area contributed by atoms with E-state index < -0.39 is 0 Å². The molecule has 0 bridgehead atoms. The van der Waals surface area contributed by atoms with E-state index in [2.05, 4.69) is 11.3 Å². The third-order valence-corrected chi connectivity index (χ3v) is 0.716. The molecule has 0 aromatic heterocycles. The van der Waals surface area contributed by atoms with Gasteiger partial charge in [-0.25, -0.2) is 0 Å². The molecule has 0 fully saturated rings. The molecule has 0 spiro atoms. The molecule has 1 radical (unpaired) electrons. The van der Waals surface area contributed by atoms with Gasteiger partial charge in [0, 0.05) is 5.03 Å².